The third kappa shape index (κ3) is 2.03. The predicted molar refractivity (Wildman–Crippen MR) is 47.6 cm³/mol. The highest BCUT2D eigenvalue weighted by Gasteiger charge is 2.17. The standard InChI is InChI=1S/C8H8BrF2NO/c1-4-2-12-5(3-13)7(9)6(4)8(10)11/h2,8,13H,3H2,1H3. The van der Waals surface area contributed by atoms with Gasteiger partial charge in [0, 0.05) is 11.8 Å². The van der Waals surface area contributed by atoms with E-state index in [9.17, 15) is 8.78 Å². The number of rotatable bonds is 2. The van der Waals surface area contributed by atoms with Crippen molar-refractivity contribution in [3.63, 3.8) is 0 Å². The van der Waals surface area contributed by atoms with Crippen molar-refractivity contribution in [3.05, 3.63) is 27.5 Å². The van der Waals surface area contributed by atoms with E-state index in [-0.39, 0.29) is 22.3 Å². The lowest BCUT2D eigenvalue weighted by Crippen LogP contribution is -1.99. The number of aliphatic hydroxyl groups excluding tert-OH is 1. The second-order valence-electron chi connectivity index (χ2n) is 2.57. The molecule has 1 aromatic rings. The van der Waals surface area contributed by atoms with Crippen LogP contribution in [0.1, 0.15) is 23.2 Å². The van der Waals surface area contributed by atoms with Gasteiger partial charge in [0.25, 0.3) is 6.43 Å². The Labute approximate surface area is 82.7 Å². The van der Waals surface area contributed by atoms with Gasteiger partial charge in [0.05, 0.1) is 16.8 Å². The molecule has 1 aromatic heterocycles. The average molecular weight is 252 g/mol. The number of alkyl halides is 2. The van der Waals surface area contributed by atoms with E-state index in [0.29, 0.717) is 5.56 Å². The molecule has 72 valence electrons. The zero-order valence-corrected chi connectivity index (χ0v) is 8.48. The molecule has 0 amide bonds. The van der Waals surface area contributed by atoms with Crippen molar-refractivity contribution in [2.24, 2.45) is 0 Å². The summed E-state index contributed by atoms with van der Waals surface area (Å²) in [7, 11) is 0. The van der Waals surface area contributed by atoms with Crippen LogP contribution in [0, 0.1) is 6.92 Å². The van der Waals surface area contributed by atoms with Crippen molar-refractivity contribution >= 4 is 15.9 Å². The fraction of sp³-hybridized carbons (Fsp3) is 0.375. The highest BCUT2D eigenvalue weighted by molar-refractivity contribution is 9.10. The Kier molecular flexibility index (Phi) is 3.33. The molecule has 0 spiro atoms. The fourth-order valence-electron chi connectivity index (χ4n) is 1.01. The van der Waals surface area contributed by atoms with Crippen molar-refractivity contribution in [2.75, 3.05) is 0 Å². The molecule has 0 bridgehead atoms. The van der Waals surface area contributed by atoms with E-state index in [1.165, 1.54) is 6.20 Å². The van der Waals surface area contributed by atoms with Crippen molar-refractivity contribution in [1.29, 1.82) is 0 Å². The van der Waals surface area contributed by atoms with Gasteiger partial charge in [-0.15, -0.1) is 0 Å². The molecule has 0 aromatic carbocycles. The summed E-state index contributed by atoms with van der Waals surface area (Å²) in [6.45, 7) is 1.21. The molecule has 1 N–H and O–H groups in total. The number of aromatic nitrogens is 1. The van der Waals surface area contributed by atoms with Gasteiger partial charge >= 0.3 is 0 Å². The van der Waals surface area contributed by atoms with E-state index in [1.807, 2.05) is 0 Å². The first-order chi connectivity index (χ1) is 6.07. The maximum absolute atomic E-state index is 12.5. The molecule has 5 heteroatoms. The summed E-state index contributed by atoms with van der Waals surface area (Å²) in [5.74, 6) is 0. The Morgan fingerprint density at radius 1 is 1.62 bits per heavy atom. The van der Waals surface area contributed by atoms with Gasteiger partial charge in [-0.05, 0) is 28.4 Å². The third-order valence-electron chi connectivity index (χ3n) is 1.70. The fourth-order valence-corrected chi connectivity index (χ4v) is 1.72. The summed E-state index contributed by atoms with van der Waals surface area (Å²) in [4.78, 5) is 3.81. The van der Waals surface area contributed by atoms with Crippen LogP contribution in [0.25, 0.3) is 0 Å². The Balaban J connectivity index is 3.30. The summed E-state index contributed by atoms with van der Waals surface area (Å²) in [6.07, 6.45) is -1.22. The second kappa shape index (κ2) is 4.11. The molecule has 0 aliphatic carbocycles. The van der Waals surface area contributed by atoms with Crippen molar-refractivity contribution in [1.82, 2.24) is 4.98 Å². The number of aliphatic hydroxyl groups is 1. The van der Waals surface area contributed by atoms with Gasteiger partial charge < -0.3 is 5.11 Å². The molecule has 0 saturated carbocycles. The Bertz CT molecular complexity index is 317. The van der Waals surface area contributed by atoms with Crippen LogP contribution in [0.4, 0.5) is 8.78 Å². The molecule has 0 radical (unpaired) electrons. The Morgan fingerprint density at radius 3 is 2.69 bits per heavy atom. The third-order valence-corrected chi connectivity index (χ3v) is 2.58. The maximum Gasteiger partial charge on any atom is 0.265 e. The SMILES string of the molecule is Cc1cnc(CO)c(Br)c1C(F)F. The Hall–Kier alpha value is -0.550. The Morgan fingerprint density at radius 2 is 2.23 bits per heavy atom. The van der Waals surface area contributed by atoms with Crippen molar-refractivity contribution in [3.8, 4) is 0 Å². The predicted octanol–water partition coefficient (Wildman–Crippen LogP) is 2.58. The number of halogens is 3. The van der Waals surface area contributed by atoms with E-state index in [2.05, 4.69) is 20.9 Å². The number of pyridine rings is 1. The van der Waals surface area contributed by atoms with Gasteiger partial charge in [-0.1, -0.05) is 0 Å². The van der Waals surface area contributed by atoms with Crippen LogP contribution >= 0.6 is 15.9 Å². The summed E-state index contributed by atoms with van der Waals surface area (Å²) in [6, 6.07) is 0. The van der Waals surface area contributed by atoms with Gasteiger partial charge in [0.1, 0.15) is 0 Å². The van der Waals surface area contributed by atoms with Crippen LogP contribution in [0.5, 0.6) is 0 Å². The van der Waals surface area contributed by atoms with Crippen LogP contribution in [-0.4, -0.2) is 10.1 Å². The topological polar surface area (TPSA) is 33.1 Å². The maximum atomic E-state index is 12.5. The van der Waals surface area contributed by atoms with E-state index < -0.39 is 6.43 Å². The molecular weight excluding hydrogens is 244 g/mol. The molecule has 0 atom stereocenters. The zero-order valence-electron chi connectivity index (χ0n) is 6.89. The monoisotopic (exact) mass is 251 g/mol. The van der Waals surface area contributed by atoms with Gasteiger partial charge in [0.2, 0.25) is 0 Å². The van der Waals surface area contributed by atoms with Gasteiger partial charge in [-0.25, -0.2) is 8.78 Å². The first-order valence-electron chi connectivity index (χ1n) is 3.60. The van der Waals surface area contributed by atoms with Crippen molar-refractivity contribution < 1.29 is 13.9 Å². The largest absolute Gasteiger partial charge is 0.390 e. The molecule has 1 heterocycles. The van der Waals surface area contributed by atoms with Crippen LogP contribution in [-0.2, 0) is 6.61 Å². The number of nitrogens with zero attached hydrogens (tertiary/aromatic N) is 1. The van der Waals surface area contributed by atoms with Crippen LogP contribution in [0.3, 0.4) is 0 Å². The van der Waals surface area contributed by atoms with Gasteiger partial charge in [-0.3, -0.25) is 4.98 Å². The molecule has 0 saturated heterocycles. The van der Waals surface area contributed by atoms with E-state index in [4.69, 9.17) is 5.11 Å². The molecule has 0 aliphatic heterocycles. The lowest BCUT2D eigenvalue weighted by atomic mass is 10.1. The highest BCUT2D eigenvalue weighted by Crippen LogP contribution is 2.31. The van der Waals surface area contributed by atoms with E-state index in [0.717, 1.165) is 0 Å². The lowest BCUT2D eigenvalue weighted by Gasteiger charge is -2.09. The number of hydrogen-bond acceptors (Lipinski definition) is 2. The van der Waals surface area contributed by atoms with Gasteiger partial charge in [-0.2, -0.15) is 0 Å². The summed E-state index contributed by atoms with van der Waals surface area (Å²) in [5, 5.41) is 8.78. The minimum Gasteiger partial charge on any atom is -0.390 e. The minimum absolute atomic E-state index is 0.0981. The second-order valence-corrected chi connectivity index (χ2v) is 3.37. The zero-order chi connectivity index (χ0) is 10.0. The molecule has 2 nitrogen and oxygen atoms in total. The lowest BCUT2D eigenvalue weighted by molar-refractivity contribution is 0.149. The van der Waals surface area contributed by atoms with E-state index in [1.54, 1.807) is 6.92 Å². The molecule has 0 aliphatic rings. The van der Waals surface area contributed by atoms with E-state index >= 15 is 0 Å². The summed E-state index contributed by atoms with van der Waals surface area (Å²) < 4.78 is 25.1. The average Bonchev–Trinajstić information content (AvgIpc) is 2.04. The van der Waals surface area contributed by atoms with Crippen LogP contribution in [0.15, 0.2) is 10.7 Å². The summed E-state index contributed by atoms with van der Waals surface area (Å²) >= 11 is 2.99. The number of hydrogen-bond donors (Lipinski definition) is 1. The van der Waals surface area contributed by atoms with Crippen LogP contribution in [0.2, 0.25) is 0 Å². The van der Waals surface area contributed by atoms with Crippen LogP contribution < -0.4 is 0 Å². The first-order valence-corrected chi connectivity index (χ1v) is 4.40. The normalized spacial score (nSPS) is 10.9. The molecule has 13 heavy (non-hydrogen) atoms. The quantitative estimate of drug-likeness (QED) is 0.877. The number of aryl methyl sites for hydroxylation is 1. The van der Waals surface area contributed by atoms with Gasteiger partial charge in [0.15, 0.2) is 0 Å². The highest BCUT2D eigenvalue weighted by atomic mass is 79.9. The smallest absolute Gasteiger partial charge is 0.265 e. The molecule has 0 unspecified atom stereocenters. The molecule has 1 rings (SSSR count). The van der Waals surface area contributed by atoms with Crippen molar-refractivity contribution in [2.45, 2.75) is 20.0 Å². The summed E-state index contributed by atoms with van der Waals surface area (Å²) in [5.41, 5.74) is 0.555. The first kappa shape index (κ1) is 10.5. The minimum atomic E-state index is -2.55. The molecule has 0 fully saturated rings. The molecular formula is C8H8BrF2NO.